The SMILES string of the molecule is CC(=O)c1ccc(NC(=S)NC(=O)c2ccc(C)c([N+](=O)[O-])c2)cc1. The number of hydrogen-bond donors (Lipinski definition) is 2. The molecule has 0 aliphatic carbocycles. The summed E-state index contributed by atoms with van der Waals surface area (Å²) in [4.78, 5) is 33.8. The second kappa shape index (κ2) is 7.63. The quantitative estimate of drug-likeness (QED) is 0.377. The monoisotopic (exact) mass is 357 g/mol. The average molecular weight is 357 g/mol. The largest absolute Gasteiger partial charge is 0.332 e. The lowest BCUT2D eigenvalue weighted by molar-refractivity contribution is -0.385. The summed E-state index contributed by atoms with van der Waals surface area (Å²) < 4.78 is 0. The Morgan fingerprint density at radius 2 is 1.68 bits per heavy atom. The molecule has 0 bridgehead atoms. The zero-order valence-electron chi connectivity index (χ0n) is 13.5. The molecule has 2 N–H and O–H groups in total. The third-order valence-corrected chi connectivity index (χ3v) is 3.65. The van der Waals surface area contributed by atoms with E-state index in [-0.39, 0.29) is 22.1 Å². The number of rotatable bonds is 4. The summed E-state index contributed by atoms with van der Waals surface area (Å²) in [7, 11) is 0. The third-order valence-electron chi connectivity index (χ3n) is 3.44. The Kier molecular flexibility index (Phi) is 5.56. The summed E-state index contributed by atoms with van der Waals surface area (Å²) in [5, 5.41) is 16.3. The second-order valence-electron chi connectivity index (χ2n) is 5.30. The summed E-state index contributed by atoms with van der Waals surface area (Å²) >= 11 is 5.06. The number of nitrogens with one attached hydrogen (secondary N) is 2. The molecule has 0 unspecified atom stereocenters. The smallest absolute Gasteiger partial charge is 0.273 e. The maximum atomic E-state index is 12.2. The van der Waals surface area contributed by atoms with Crippen LogP contribution in [-0.4, -0.2) is 21.7 Å². The van der Waals surface area contributed by atoms with Crippen molar-refractivity contribution in [3.05, 3.63) is 69.3 Å². The molecule has 0 atom stereocenters. The molecule has 0 heterocycles. The highest BCUT2D eigenvalue weighted by Gasteiger charge is 2.15. The molecule has 2 rings (SSSR count). The van der Waals surface area contributed by atoms with E-state index in [0.29, 0.717) is 16.8 Å². The molecular formula is C17H15N3O4S. The molecule has 0 fully saturated rings. The van der Waals surface area contributed by atoms with Gasteiger partial charge >= 0.3 is 0 Å². The number of nitrogens with zero attached hydrogens (tertiary/aromatic N) is 1. The van der Waals surface area contributed by atoms with Gasteiger partial charge in [0.15, 0.2) is 10.9 Å². The minimum atomic E-state index is -0.555. The Labute approximate surface area is 149 Å². The van der Waals surface area contributed by atoms with E-state index in [1.54, 1.807) is 31.2 Å². The number of nitro benzene ring substituents is 1. The first-order valence-corrected chi connectivity index (χ1v) is 7.67. The van der Waals surface area contributed by atoms with Crippen LogP contribution in [0.5, 0.6) is 0 Å². The number of amides is 1. The summed E-state index contributed by atoms with van der Waals surface area (Å²) in [6.07, 6.45) is 0. The molecule has 0 saturated heterocycles. The van der Waals surface area contributed by atoms with E-state index in [1.165, 1.54) is 25.1 Å². The molecule has 128 valence electrons. The van der Waals surface area contributed by atoms with Crippen LogP contribution >= 0.6 is 12.2 Å². The van der Waals surface area contributed by atoms with Crippen molar-refractivity contribution in [3.63, 3.8) is 0 Å². The molecule has 0 radical (unpaired) electrons. The summed E-state index contributed by atoms with van der Waals surface area (Å²) in [5.74, 6) is -0.607. The zero-order chi connectivity index (χ0) is 18.6. The van der Waals surface area contributed by atoms with Gasteiger partial charge in [-0.1, -0.05) is 6.07 Å². The Morgan fingerprint density at radius 1 is 1.08 bits per heavy atom. The van der Waals surface area contributed by atoms with Crippen molar-refractivity contribution >= 4 is 40.4 Å². The first kappa shape index (κ1) is 18.2. The lowest BCUT2D eigenvalue weighted by Gasteiger charge is -2.10. The first-order valence-electron chi connectivity index (χ1n) is 7.26. The van der Waals surface area contributed by atoms with Gasteiger partial charge in [0, 0.05) is 28.4 Å². The minimum Gasteiger partial charge on any atom is -0.332 e. The van der Waals surface area contributed by atoms with Crippen LogP contribution in [0.15, 0.2) is 42.5 Å². The van der Waals surface area contributed by atoms with E-state index in [2.05, 4.69) is 10.6 Å². The number of Topliss-reactive ketones (excluding diaryl/α,β-unsaturated/α-hetero) is 1. The molecule has 0 spiro atoms. The van der Waals surface area contributed by atoms with Crippen molar-refractivity contribution in [1.29, 1.82) is 0 Å². The van der Waals surface area contributed by atoms with Crippen LogP contribution in [0.2, 0.25) is 0 Å². The molecule has 0 aliphatic rings. The van der Waals surface area contributed by atoms with Gasteiger partial charge < -0.3 is 5.32 Å². The maximum absolute atomic E-state index is 12.2. The minimum absolute atomic E-state index is 0.0452. The van der Waals surface area contributed by atoms with E-state index in [1.807, 2.05) is 0 Å². The van der Waals surface area contributed by atoms with E-state index < -0.39 is 10.8 Å². The zero-order valence-corrected chi connectivity index (χ0v) is 14.3. The van der Waals surface area contributed by atoms with E-state index >= 15 is 0 Å². The van der Waals surface area contributed by atoms with Crippen LogP contribution in [0, 0.1) is 17.0 Å². The summed E-state index contributed by atoms with van der Waals surface area (Å²) in [5.41, 5.74) is 1.63. The predicted octanol–water partition coefficient (Wildman–Crippen LogP) is 3.23. The van der Waals surface area contributed by atoms with Gasteiger partial charge in [0.1, 0.15) is 0 Å². The molecule has 0 aromatic heterocycles. The topological polar surface area (TPSA) is 101 Å². The molecular weight excluding hydrogens is 342 g/mol. The van der Waals surface area contributed by atoms with Crippen LogP contribution < -0.4 is 10.6 Å². The standard InChI is InChI=1S/C17H15N3O4S/c1-10-3-4-13(9-15(10)20(23)24)16(22)19-17(25)18-14-7-5-12(6-8-14)11(2)21/h3-9H,1-2H3,(H2,18,19,22,25). The van der Waals surface area contributed by atoms with Gasteiger partial charge in [-0.15, -0.1) is 0 Å². The Hall–Kier alpha value is -3.13. The third kappa shape index (κ3) is 4.67. The number of anilines is 1. The van der Waals surface area contributed by atoms with Crippen molar-refractivity contribution in [1.82, 2.24) is 5.32 Å². The van der Waals surface area contributed by atoms with E-state index in [4.69, 9.17) is 12.2 Å². The Bertz CT molecular complexity index is 863. The van der Waals surface area contributed by atoms with Gasteiger partial charge in [-0.3, -0.25) is 25.0 Å². The Balaban J connectivity index is 2.05. The van der Waals surface area contributed by atoms with Crippen LogP contribution in [-0.2, 0) is 0 Å². The summed E-state index contributed by atoms with van der Waals surface area (Å²) in [6, 6.07) is 10.8. The lowest BCUT2D eigenvalue weighted by atomic mass is 10.1. The fourth-order valence-electron chi connectivity index (χ4n) is 2.07. The van der Waals surface area contributed by atoms with Gasteiger partial charge in [0.05, 0.1) is 4.92 Å². The van der Waals surface area contributed by atoms with Crippen LogP contribution in [0.25, 0.3) is 0 Å². The van der Waals surface area contributed by atoms with Crippen molar-refractivity contribution in [2.45, 2.75) is 13.8 Å². The van der Waals surface area contributed by atoms with Crippen molar-refractivity contribution < 1.29 is 14.5 Å². The van der Waals surface area contributed by atoms with E-state index in [9.17, 15) is 19.7 Å². The van der Waals surface area contributed by atoms with Crippen LogP contribution in [0.1, 0.15) is 33.2 Å². The molecule has 2 aromatic rings. The van der Waals surface area contributed by atoms with Gasteiger partial charge in [0.25, 0.3) is 11.6 Å². The Morgan fingerprint density at radius 3 is 2.24 bits per heavy atom. The number of nitro groups is 1. The normalized spacial score (nSPS) is 10.0. The maximum Gasteiger partial charge on any atom is 0.273 e. The molecule has 8 heteroatoms. The molecule has 0 aliphatic heterocycles. The van der Waals surface area contributed by atoms with Gasteiger partial charge in [-0.2, -0.15) is 0 Å². The van der Waals surface area contributed by atoms with Crippen molar-refractivity contribution in [3.8, 4) is 0 Å². The van der Waals surface area contributed by atoms with Gasteiger partial charge in [-0.05, 0) is 56.4 Å². The number of benzene rings is 2. The highest BCUT2D eigenvalue weighted by molar-refractivity contribution is 7.80. The summed E-state index contributed by atoms with van der Waals surface area (Å²) in [6.45, 7) is 3.06. The highest BCUT2D eigenvalue weighted by atomic mass is 32.1. The number of carbonyl (C=O) groups excluding carboxylic acids is 2. The predicted molar refractivity (Wildman–Crippen MR) is 98.0 cm³/mol. The first-order chi connectivity index (χ1) is 11.8. The molecule has 1 amide bonds. The number of carbonyl (C=O) groups is 2. The molecule has 0 saturated carbocycles. The van der Waals surface area contributed by atoms with Gasteiger partial charge in [0.2, 0.25) is 0 Å². The molecule has 25 heavy (non-hydrogen) atoms. The van der Waals surface area contributed by atoms with Gasteiger partial charge in [-0.25, -0.2) is 0 Å². The van der Waals surface area contributed by atoms with Crippen molar-refractivity contribution in [2.24, 2.45) is 0 Å². The fraction of sp³-hybridized carbons (Fsp3) is 0.118. The lowest BCUT2D eigenvalue weighted by Crippen LogP contribution is -2.34. The van der Waals surface area contributed by atoms with Crippen molar-refractivity contribution in [2.75, 3.05) is 5.32 Å². The highest BCUT2D eigenvalue weighted by Crippen LogP contribution is 2.19. The second-order valence-corrected chi connectivity index (χ2v) is 5.71. The number of hydrogen-bond acceptors (Lipinski definition) is 5. The number of aryl methyl sites for hydroxylation is 1. The number of ketones is 1. The van der Waals surface area contributed by atoms with Crippen LogP contribution in [0.4, 0.5) is 11.4 Å². The van der Waals surface area contributed by atoms with Crippen LogP contribution in [0.3, 0.4) is 0 Å². The molecule has 2 aromatic carbocycles. The fourth-order valence-corrected chi connectivity index (χ4v) is 2.28. The van der Waals surface area contributed by atoms with E-state index in [0.717, 1.165) is 0 Å². The average Bonchev–Trinajstić information content (AvgIpc) is 2.55. The number of thiocarbonyl (C=S) groups is 1. The molecule has 7 nitrogen and oxygen atoms in total.